The molecule has 1 amide bonds. The lowest BCUT2D eigenvalue weighted by Gasteiger charge is -2.29. The van der Waals surface area contributed by atoms with Crippen molar-refractivity contribution >= 4 is 11.9 Å². The number of esters is 1. The summed E-state index contributed by atoms with van der Waals surface area (Å²) < 4.78 is 5.68. The molecule has 2 aromatic rings. The molecule has 0 spiro atoms. The van der Waals surface area contributed by atoms with Crippen LogP contribution in [0, 0.1) is 5.92 Å². The summed E-state index contributed by atoms with van der Waals surface area (Å²) in [6.45, 7) is 6.45. The standard InChI is InChI=1S/C32H46N2O3/c1-4-5-6-7-8-9-10-11-12-15-21-34-30(35)32(33,24(2)3)31(36)37-23-26-18-16-20-28-27-19-14-13-17-25(27)22-29(26)28/h13-14,16-20,24H,4-12,15,21-23,33H2,1-3H3,(H,34,35). The highest BCUT2D eigenvalue weighted by Gasteiger charge is 2.46. The number of hydrogen-bond acceptors (Lipinski definition) is 4. The van der Waals surface area contributed by atoms with Gasteiger partial charge in [-0.05, 0) is 46.6 Å². The minimum Gasteiger partial charge on any atom is -0.459 e. The van der Waals surface area contributed by atoms with Gasteiger partial charge in [0, 0.05) is 6.54 Å². The van der Waals surface area contributed by atoms with E-state index in [2.05, 4.69) is 30.4 Å². The highest BCUT2D eigenvalue weighted by atomic mass is 16.5. The molecule has 0 saturated carbocycles. The number of nitrogens with one attached hydrogen (secondary N) is 1. The minimum atomic E-state index is -1.71. The van der Waals surface area contributed by atoms with Crippen LogP contribution in [0.2, 0.25) is 0 Å². The van der Waals surface area contributed by atoms with Crippen molar-refractivity contribution in [3.63, 3.8) is 0 Å². The van der Waals surface area contributed by atoms with Gasteiger partial charge in [0.05, 0.1) is 0 Å². The maximum absolute atomic E-state index is 13.1. The molecule has 0 radical (unpaired) electrons. The van der Waals surface area contributed by atoms with Gasteiger partial charge >= 0.3 is 5.97 Å². The van der Waals surface area contributed by atoms with Gasteiger partial charge in [0.1, 0.15) is 6.61 Å². The van der Waals surface area contributed by atoms with E-state index >= 15 is 0 Å². The number of rotatable bonds is 16. The first-order chi connectivity index (χ1) is 17.9. The van der Waals surface area contributed by atoms with Crippen LogP contribution in [0.5, 0.6) is 0 Å². The van der Waals surface area contributed by atoms with Gasteiger partial charge in [-0.15, -0.1) is 0 Å². The van der Waals surface area contributed by atoms with Crippen LogP contribution in [-0.2, 0) is 27.4 Å². The maximum atomic E-state index is 13.1. The fourth-order valence-electron chi connectivity index (χ4n) is 5.17. The lowest BCUT2D eigenvalue weighted by molar-refractivity contribution is -0.158. The van der Waals surface area contributed by atoms with Crippen molar-refractivity contribution in [3.8, 4) is 11.1 Å². The van der Waals surface area contributed by atoms with Crippen molar-refractivity contribution in [1.29, 1.82) is 0 Å². The molecule has 202 valence electrons. The molecule has 37 heavy (non-hydrogen) atoms. The maximum Gasteiger partial charge on any atom is 0.336 e. The van der Waals surface area contributed by atoms with Crippen LogP contribution in [-0.4, -0.2) is 24.0 Å². The van der Waals surface area contributed by atoms with E-state index in [9.17, 15) is 9.59 Å². The van der Waals surface area contributed by atoms with Crippen LogP contribution >= 0.6 is 0 Å². The summed E-state index contributed by atoms with van der Waals surface area (Å²) in [4.78, 5) is 26.2. The molecule has 0 fully saturated rings. The predicted molar refractivity (Wildman–Crippen MR) is 151 cm³/mol. The SMILES string of the molecule is CCCCCCCCCCCCNC(=O)C(N)(C(=O)OCc1cccc2c1Cc1ccccc1-2)C(C)C. The van der Waals surface area contributed by atoms with Gasteiger partial charge in [0.25, 0.3) is 5.91 Å². The monoisotopic (exact) mass is 506 g/mol. The second-order valence-corrected chi connectivity index (χ2v) is 10.8. The molecule has 1 unspecified atom stereocenters. The lowest BCUT2D eigenvalue weighted by Crippen LogP contribution is -2.63. The molecule has 5 nitrogen and oxygen atoms in total. The van der Waals surface area contributed by atoms with Crippen LogP contribution in [0.15, 0.2) is 42.5 Å². The molecule has 1 atom stereocenters. The molecule has 0 aliphatic heterocycles. The average Bonchev–Trinajstić information content (AvgIpc) is 3.29. The third kappa shape index (κ3) is 7.44. The molecule has 0 saturated heterocycles. The Bertz CT molecular complexity index is 1030. The Morgan fingerprint density at radius 3 is 2.19 bits per heavy atom. The van der Waals surface area contributed by atoms with Gasteiger partial charge in [-0.2, -0.15) is 0 Å². The Morgan fingerprint density at radius 2 is 1.51 bits per heavy atom. The Labute approximate surface area is 223 Å². The van der Waals surface area contributed by atoms with Gasteiger partial charge in [-0.3, -0.25) is 4.79 Å². The van der Waals surface area contributed by atoms with E-state index in [1.54, 1.807) is 13.8 Å². The number of benzene rings is 2. The molecule has 1 aliphatic rings. The molecule has 0 bridgehead atoms. The summed E-state index contributed by atoms with van der Waals surface area (Å²) >= 11 is 0. The zero-order chi connectivity index (χ0) is 26.7. The molecule has 0 aromatic heterocycles. The molecule has 3 N–H and O–H groups in total. The third-order valence-electron chi connectivity index (χ3n) is 7.75. The van der Waals surface area contributed by atoms with Crippen LogP contribution < -0.4 is 11.1 Å². The normalized spacial score (nSPS) is 13.6. The first kappa shape index (κ1) is 28.9. The topological polar surface area (TPSA) is 81.4 Å². The van der Waals surface area contributed by atoms with Gasteiger partial charge in [0.15, 0.2) is 5.54 Å². The third-order valence-corrected chi connectivity index (χ3v) is 7.75. The smallest absolute Gasteiger partial charge is 0.336 e. The Kier molecular flexibility index (Phi) is 11.2. The summed E-state index contributed by atoms with van der Waals surface area (Å²) in [6, 6.07) is 14.4. The quantitative estimate of drug-likeness (QED) is 0.129. The fourth-order valence-corrected chi connectivity index (χ4v) is 5.17. The first-order valence-electron chi connectivity index (χ1n) is 14.3. The molecular formula is C32H46N2O3. The highest BCUT2D eigenvalue weighted by molar-refractivity contribution is 6.07. The number of hydrogen-bond donors (Lipinski definition) is 2. The number of nitrogens with two attached hydrogens (primary N) is 1. The molecule has 1 aliphatic carbocycles. The Morgan fingerprint density at radius 1 is 0.892 bits per heavy atom. The molecule has 2 aromatic carbocycles. The summed E-state index contributed by atoms with van der Waals surface area (Å²) in [5.74, 6) is -1.51. The number of ether oxygens (including phenoxy) is 1. The van der Waals surface area contributed by atoms with Crippen LogP contribution in [0.1, 0.15) is 102 Å². The molecular weight excluding hydrogens is 460 g/mol. The number of fused-ring (bicyclic) bond motifs is 3. The first-order valence-corrected chi connectivity index (χ1v) is 14.3. The highest BCUT2D eigenvalue weighted by Crippen LogP contribution is 2.38. The van der Waals surface area contributed by atoms with E-state index < -0.39 is 23.3 Å². The van der Waals surface area contributed by atoms with E-state index in [0.717, 1.165) is 24.8 Å². The largest absolute Gasteiger partial charge is 0.459 e. The van der Waals surface area contributed by atoms with E-state index in [0.29, 0.717) is 6.54 Å². The average molecular weight is 507 g/mol. The zero-order valence-electron chi connectivity index (χ0n) is 23.1. The predicted octanol–water partition coefficient (Wildman–Crippen LogP) is 6.69. The van der Waals surface area contributed by atoms with E-state index in [4.69, 9.17) is 10.5 Å². The van der Waals surface area contributed by atoms with Crippen molar-refractivity contribution in [1.82, 2.24) is 5.32 Å². The molecule has 0 heterocycles. The van der Waals surface area contributed by atoms with Gasteiger partial charge in [-0.25, -0.2) is 4.79 Å². The zero-order valence-corrected chi connectivity index (χ0v) is 23.1. The van der Waals surface area contributed by atoms with Gasteiger partial charge in [0.2, 0.25) is 0 Å². The number of amides is 1. The summed E-state index contributed by atoms with van der Waals surface area (Å²) in [7, 11) is 0. The van der Waals surface area contributed by atoms with Crippen LogP contribution in [0.25, 0.3) is 11.1 Å². The van der Waals surface area contributed by atoms with Gasteiger partial charge < -0.3 is 15.8 Å². The molecule has 3 rings (SSSR count). The van der Waals surface area contributed by atoms with Crippen molar-refractivity contribution in [2.75, 3.05) is 6.54 Å². The number of unbranched alkanes of at least 4 members (excludes halogenated alkanes) is 9. The second-order valence-electron chi connectivity index (χ2n) is 10.8. The summed E-state index contributed by atoms with van der Waals surface area (Å²) in [6.07, 6.45) is 13.1. The van der Waals surface area contributed by atoms with Crippen molar-refractivity contribution in [2.45, 2.75) is 104 Å². The molecule has 5 heteroatoms. The fraction of sp³-hybridized carbons (Fsp3) is 0.562. The van der Waals surface area contributed by atoms with Crippen LogP contribution in [0.3, 0.4) is 0 Å². The Hall–Kier alpha value is -2.66. The lowest BCUT2D eigenvalue weighted by atomic mass is 9.86. The van der Waals surface area contributed by atoms with E-state index in [1.165, 1.54) is 73.6 Å². The van der Waals surface area contributed by atoms with E-state index in [-0.39, 0.29) is 6.61 Å². The second kappa shape index (κ2) is 14.3. The number of carbonyl (C=O) groups is 2. The Balaban J connectivity index is 1.45. The van der Waals surface area contributed by atoms with Gasteiger partial charge in [-0.1, -0.05) is 121 Å². The number of carbonyl (C=O) groups excluding carboxylic acids is 2. The van der Waals surface area contributed by atoms with Crippen molar-refractivity contribution in [2.24, 2.45) is 11.7 Å². The van der Waals surface area contributed by atoms with Crippen molar-refractivity contribution < 1.29 is 14.3 Å². The van der Waals surface area contributed by atoms with E-state index in [1.807, 2.05) is 24.3 Å². The van der Waals surface area contributed by atoms with Crippen LogP contribution in [0.4, 0.5) is 0 Å². The minimum absolute atomic E-state index is 0.105. The summed E-state index contributed by atoms with van der Waals surface area (Å²) in [5.41, 5.74) is 10.5. The van der Waals surface area contributed by atoms with Crippen molar-refractivity contribution in [3.05, 3.63) is 59.2 Å². The summed E-state index contributed by atoms with van der Waals surface area (Å²) in [5, 5.41) is 2.90.